The molecule has 13 nitrogen and oxygen atoms in total. The quantitative estimate of drug-likeness (QED) is 0.195. The van der Waals surface area contributed by atoms with Crippen molar-refractivity contribution in [1.82, 2.24) is 26.3 Å². The number of nitrogens with one attached hydrogen (secondary N) is 5. The molecule has 3 aliphatic heterocycles. The Labute approximate surface area is 272 Å². The van der Waals surface area contributed by atoms with E-state index in [4.69, 9.17) is 19.9 Å². The van der Waals surface area contributed by atoms with Gasteiger partial charge in [-0.15, -0.1) is 0 Å². The number of ether oxygens (including phenoxy) is 3. The average molecular weight is 647 g/mol. The third-order valence-electron chi connectivity index (χ3n) is 8.84. The first-order chi connectivity index (χ1) is 22.6. The minimum atomic E-state index is -1.22. The van der Waals surface area contributed by atoms with Gasteiger partial charge in [-0.05, 0) is 56.8 Å². The highest BCUT2D eigenvalue weighted by atomic mass is 16.8. The molecule has 0 aliphatic carbocycles. The van der Waals surface area contributed by atoms with Crippen LogP contribution >= 0.6 is 0 Å². The predicted octanol–water partition coefficient (Wildman–Crippen LogP) is 0.911. The number of unbranched alkanes of at least 4 members (excludes halogenated alkanes) is 1. The number of fused-ring (bicyclic) bond motifs is 4. The highest BCUT2D eigenvalue weighted by Gasteiger charge is 2.57. The zero-order chi connectivity index (χ0) is 33.1. The lowest BCUT2D eigenvalue weighted by Gasteiger charge is -2.28. The summed E-state index contributed by atoms with van der Waals surface area (Å²) in [5, 5.41) is 12.5. The van der Waals surface area contributed by atoms with Gasteiger partial charge in [0.05, 0.1) is 6.04 Å². The van der Waals surface area contributed by atoms with Crippen molar-refractivity contribution in [2.45, 2.75) is 94.4 Å². The summed E-state index contributed by atoms with van der Waals surface area (Å²) in [7, 11) is 0. The summed E-state index contributed by atoms with van der Waals surface area (Å²) in [5.41, 5.74) is 8.23. The first kappa shape index (κ1) is 32.6. The van der Waals surface area contributed by atoms with E-state index < -0.39 is 72.1 Å². The molecule has 3 unspecified atom stereocenters. The van der Waals surface area contributed by atoms with Crippen LogP contribution in [0, 0.1) is 0 Å². The molecule has 3 fully saturated rings. The summed E-state index contributed by atoms with van der Waals surface area (Å²) in [6, 6.07) is 12.9. The van der Waals surface area contributed by atoms with Crippen molar-refractivity contribution in [2.24, 2.45) is 5.73 Å². The van der Waals surface area contributed by atoms with Crippen LogP contribution in [-0.2, 0) is 46.2 Å². The normalized spacial score (nSPS) is 29.4. The number of benzene rings is 2. The van der Waals surface area contributed by atoms with Crippen LogP contribution < -0.4 is 27.0 Å². The number of carbonyl (C=O) groups is 4. The number of amides is 4. The molecular formula is C34H42N6O7. The van der Waals surface area contributed by atoms with E-state index in [1.165, 1.54) is 0 Å². The van der Waals surface area contributed by atoms with Crippen LogP contribution in [0.3, 0.4) is 0 Å². The van der Waals surface area contributed by atoms with Crippen LogP contribution in [0.15, 0.2) is 60.8 Å². The Balaban J connectivity index is 1.35. The summed E-state index contributed by atoms with van der Waals surface area (Å²) in [6.45, 7) is 3.86. The molecule has 7 atom stereocenters. The number of hydrogen-bond acceptors (Lipinski definition) is 8. The Morgan fingerprint density at radius 3 is 2.17 bits per heavy atom. The standard InChI is InChI=1S/C34H42N6O7/c1-34(2)46-28-26-27(45-33(28)47-34)32(44)39-24(16-19-10-4-3-5-11-19)30(42)38-25(17-20-18-36-22-13-7-6-12-21(20)22)31(43)37-23(29(41)40-26)14-8-9-15-35/h3-7,10-13,18,23-28,33,36H,8-9,14-17,35H2,1-2H3,(H,37,43)(H,38,42)(H,39,44)(H,40,41)/t23?,24?,25-,26+,27-,28?,33+/m0/s1. The molecule has 3 saturated heterocycles. The first-order valence-electron chi connectivity index (χ1n) is 16.1. The molecule has 4 heterocycles. The lowest BCUT2D eigenvalue weighted by Crippen LogP contribution is -2.58. The average Bonchev–Trinajstić information content (AvgIpc) is 3.70. The van der Waals surface area contributed by atoms with Gasteiger partial charge in [-0.1, -0.05) is 48.5 Å². The molecule has 0 radical (unpaired) electrons. The van der Waals surface area contributed by atoms with Gasteiger partial charge in [0.2, 0.25) is 17.7 Å². The summed E-state index contributed by atoms with van der Waals surface area (Å²) < 4.78 is 18.0. The van der Waals surface area contributed by atoms with E-state index in [0.717, 1.165) is 22.0 Å². The number of rotatable bonds is 8. The molecule has 2 aromatic carbocycles. The van der Waals surface area contributed by atoms with Gasteiger partial charge < -0.3 is 46.2 Å². The number of H-pyrrole nitrogens is 1. The smallest absolute Gasteiger partial charge is 0.252 e. The van der Waals surface area contributed by atoms with Crippen molar-refractivity contribution in [1.29, 1.82) is 0 Å². The van der Waals surface area contributed by atoms with E-state index in [0.29, 0.717) is 25.8 Å². The number of nitrogens with two attached hydrogens (primary N) is 1. The fraction of sp³-hybridized carbons (Fsp3) is 0.471. The van der Waals surface area contributed by atoms with Crippen LogP contribution in [0.1, 0.15) is 44.2 Å². The SMILES string of the molecule is CC1(C)OC2[C@H](O[C@@H]3C(=O)NC(Cc4ccccc4)C(=O)N[C@@H](Cc4c[nH]c5ccccc45)C(=O)NC(CCCCN)C(=O)N[C@@H]23)O1. The van der Waals surface area contributed by atoms with Crippen molar-refractivity contribution in [3.63, 3.8) is 0 Å². The molecule has 47 heavy (non-hydrogen) atoms. The molecule has 3 aliphatic rings. The lowest BCUT2D eigenvalue weighted by atomic mass is 10.0. The van der Waals surface area contributed by atoms with Crippen LogP contribution in [0.5, 0.6) is 0 Å². The molecule has 7 N–H and O–H groups in total. The fourth-order valence-electron chi connectivity index (χ4n) is 6.50. The summed E-state index contributed by atoms with van der Waals surface area (Å²) >= 11 is 0. The van der Waals surface area contributed by atoms with E-state index in [-0.39, 0.29) is 12.8 Å². The van der Waals surface area contributed by atoms with E-state index in [9.17, 15) is 19.2 Å². The highest BCUT2D eigenvalue weighted by molar-refractivity contribution is 5.96. The lowest BCUT2D eigenvalue weighted by molar-refractivity contribution is -0.208. The Morgan fingerprint density at radius 1 is 0.745 bits per heavy atom. The molecule has 3 aromatic rings. The van der Waals surface area contributed by atoms with Gasteiger partial charge in [-0.2, -0.15) is 0 Å². The van der Waals surface area contributed by atoms with Crippen LogP contribution in [-0.4, -0.2) is 83.6 Å². The molecule has 13 heteroatoms. The Bertz CT molecular complexity index is 1610. The maximum atomic E-state index is 14.0. The number of aromatic amines is 1. The van der Waals surface area contributed by atoms with Crippen molar-refractivity contribution in [3.05, 3.63) is 71.9 Å². The van der Waals surface area contributed by atoms with Gasteiger partial charge in [-0.25, -0.2) is 0 Å². The third kappa shape index (κ3) is 7.33. The predicted molar refractivity (Wildman–Crippen MR) is 171 cm³/mol. The number of aromatic nitrogens is 1. The monoisotopic (exact) mass is 646 g/mol. The van der Waals surface area contributed by atoms with E-state index in [2.05, 4.69) is 26.3 Å². The topological polar surface area (TPSA) is 186 Å². The van der Waals surface area contributed by atoms with Gasteiger partial charge in [0, 0.05) is 29.9 Å². The van der Waals surface area contributed by atoms with E-state index in [1.54, 1.807) is 20.0 Å². The van der Waals surface area contributed by atoms with Gasteiger partial charge in [0.1, 0.15) is 24.2 Å². The highest BCUT2D eigenvalue weighted by Crippen LogP contribution is 2.37. The molecular weight excluding hydrogens is 604 g/mol. The molecule has 250 valence electrons. The maximum Gasteiger partial charge on any atom is 0.252 e. The Hall–Kier alpha value is -4.30. The van der Waals surface area contributed by atoms with E-state index >= 15 is 0 Å². The van der Waals surface area contributed by atoms with Gasteiger partial charge in [-0.3, -0.25) is 19.2 Å². The molecule has 6 rings (SSSR count). The zero-order valence-corrected chi connectivity index (χ0v) is 26.5. The van der Waals surface area contributed by atoms with Crippen molar-refractivity contribution in [2.75, 3.05) is 6.54 Å². The van der Waals surface area contributed by atoms with Crippen LogP contribution in [0.25, 0.3) is 10.9 Å². The largest absolute Gasteiger partial charge is 0.361 e. The number of para-hydroxylation sites is 1. The van der Waals surface area contributed by atoms with Gasteiger partial charge in [0.25, 0.3) is 5.91 Å². The van der Waals surface area contributed by atoms with Crippen LogP contribution in [0.2, 0.25) is 0 Å². The second-order valence-corrected chi connectivity index (χ2v) is 12.8. The fourth-order valence-corrected chi connectivity index (χ4v) is 6.50. The summed E-state index contributed by atoms with van der Waals surface area (Å²) in [5.74, 6) is -3.21. The Kier molecular flexibility index (Phi) is 9.60. The summed E-state index contributed by atoms with van der Waals surface area (Å²) in [4.78, 5) is 59.1. The minimum absolute atomic E-state index is 0.142. The van der Waals surface area contributed by atoms with Gasteiger partial charge >= 0.3 is 0 Å². The number of carbonyl (C=O) groups excluding carboxylic acids is 4. The molecule has 0 bridgehead atoms. The second-order valence-electron chi connectivity index (χ2n) is 12.8. The summed E-state index contributed by atoms with van der Waals surface area (Å²) in [6.07, 6.45) is 0.653. The molecule has 0 spiro atoms. The van der Waals surface area contributed by atoms with E-state index in [1.807, 2.05) is 54.6 Å². The number of hydrogen-bond donors (Lipinski definition) is 6. The minimum Gasteiger partial charge on any atom is -0.361 e. The maximum absolute atomic E-state index is 14.0. The van der Waals surface area contributed by atoms with Crippen molar-refractivity contribution in [3.8, 4) is 0 Å². The van der Waals surface area contributed by atoms with Crippen LogP contribution in [0.4, 0.5) is 0 Å². The third-order valence-corrected chi connectivity index (χ3v) is 8.84. The Morgan fingerprint density at radius 2 is 1.40 bits per heavy atom. The zero-order valence-electron chi connectivity index (χ0n) is 26.5. The molecule has 4 amide bonds. The van der Waals surface area contributed by atoms with Crippen molar-refractivity contribution >= 4 is 34.5 Å². The van der Waals surface area contributed by atoms with Crippen molar-refractivity contribution < 1.29 is 33.4 Å². The molecule has 0 saturated carbocycles. The van der Waals surface area contributed by atoms with Gasteiger partial charge in [0.15, 0.2) is 18.2 Å². The first-order valence-corrected chi connectivity index (χ1v) is 16.1. The second kappa shape index (κ2) is 13.8. The molecule has 1 aromatic heterocycles.